The maximum atomic E-state index is 11.6. The predicted molar refractivity (Wildman–Crippen MR) is 60.9 cm³/mol. The van der Waals surface area contributed by atoms with Crippen LogP contribution in [0.25, 0.3) is 16.8 Å². The van der Waals surface area contributed by atoms with Gasteiger partial charge in [0.2, 0.25) is 0 Å². The molecule has 0 saturated heterocycles. The fourth-order valence-corrected chi connectivity index (χ4v) is 1.84. The van der Waals surface area contributed by atoms with Crippen LogP contribution < -0.4 is 5.56 Å². The van der Waals surface area contributed by atoms with E-state index in [9.17, 15) is 4.79 Å². The molecule has 0 spiro atoms. The summed E-state index contributed by atoms with van der Waals surface area (Å²) in [4.78, 5) is 22.7. The smallest absolute Gasteiger partial charge is 0.279 e. The van der Waals surface area contributed by atoms with Crippen molar-refractivity contribution >= 4 is 28.4 Å². The Morgan fingerprint density at radius 3 is 3.00 bits per heavy atom. The van der Waals surface area contributed by atoms with E-state index in [-0.39, 0.29) is 5.56 Å². The largest absolute Gasteiger partial charge is 0.309 e. The lowest BCUT2D eigenvalue weighted by Gasteiger charge is -1.96. The van der Waals surface area contributed by atoms with Crippen LogP contribution in [0.4, 0.5) is 0 Å². The molecule has 0 aromatic carbocycles. The Bertz CT molecular complexity index is 758. The second-order valence-electron chi connectivity index (χ2n) is 3.51. The van der Waals surface area contributed by atoms with Crippen molar-refractivity contribution in [3.05, 3.63) is 39.5 Å². The van der Waals surface area contributed by atoms with Crippen LogP contribution in [0.2, 0.25) is 5.02 Å². The highest BCUT2D eigenvalue weighted by Gasteiger charge is 2.09. The molecule has 0 atom stereocenters. The summed E-state index contributed by atoms with van der Waals surface area (Å²) in [5, 5.41) is 0.575. The minimum absolute atomic E-state index is 0.234. The van der Waals surface area contributed by atoms with Crippen LogP contribution in [-0.4, -0.2) is 19.4 Å². The molecule has 0 aliphatic heterocycles. The molecule has 0 unspecified atom stereocenters. The number of nitrogens with one attached hydrogen (secondary N) is 1. The zero-order chi connectivity index (χ0) is 11.3. The van der Waals surface area contributed by atoms with Gasteiger partial charge < -0.3 is 4.98 Å². The number of hydrogen-bond donors (Lipinski definition) is 1. The number of aromatic nitrogens is 4. The zero-order valence-electron chi connectivity index (χ0n) is 8.36. The average Bonchev–Trinajstić information content (AvgIpc) is 2.57. The summed E-state index contributed by atoms with van der Waals surface area (Å²) in [6.45, 7) is 1.73. The van der Waals surface area contributed by atoms with Crippen molar-refractivity contribution < 1.29 is 0 Å². The molecule has 0 amide bonds. The van der Waals surface area contributed by atoms with E-state index in [0.717, 1.165) is 0 Å². The normalized spacial score (nSPS) is 11.4. The molecule has 3 heterocycles. The molecule has 3 rings (SSSR count). The van der Waals surface area contributed by atoms with Crippen molar-refractivity contribution in [1.82, 2.24) is 19.4 Å². The number of aromatic amines is 1. The minimum Gasteiger partial charge on any atom is -0.309 e. The molecule has 0 saturated carbocycles. The summed E-state index contributed by atoms with van der Waals surface area (Å²) in [5.74, 6) is 0.555. The number of nitrogens with zero attached hydrogens (tertiary/aromatic N) is 3. The summed E-state index contributed by atoms with van der Waals surface area (Å²) < 4.78 is 1.71. The first-order valence-electron chi connectivity index (χ1n) is 4.69. The van der Waals surface area contributed by atoms with E-state index in [2.05, 4.69) is 15.0 Å². The van der Waals surface area contributed by atoms with Gasteiger partial charge in [-0.15, -0.1) is 0 Å². The number of fused-ring (bicyclic) bond motifs is 3. The van der Waals surface area contributed by atoms with E-state index in [1.165, 1.54) is 0 Å². The number of rotatable bonds is 0. The summed E-state index contributed by atoms with van der Waals surface area (Å²) in [7, 11) is 0. The average molecular weight is 235 g/mol. The molecule has 0 aliphatic rings. The van der Waals surface area contributed by atoms with Gasteiger partial charge in [0.1, 0.15) is 11.5 Å². The fourth-order valence-electron chi connectivity index (χ4n) is 1.68. The van der Waals surface area contributed by atoms with E-state index in [1.54, 1.807) is 29.7 Å². The maximum Gasteiger partial charge on any atom is 0.279 e. The van der Waals surface area contributed by atoms with E-state index in [4.69, 9.17) is 11.6 Å². The monoisotopic (exact) mass is 234 g/mol. The van der Waals surface area contributed by atoms with Crippen molar-refractivity contribution in [3.8, 4) is 0 Å². The molecule has 80 valence electrons. The third-order valence-corrected chi connectivity index (χ3v) is 2.56. The fraction of sp³-hybridized carbons (Fsp3) is 0.100. The first kappa shape index (κ1) is 9.35. The Labute approximate surface area is 94.7 Å². The van der Waals surface area contributed by atoms with Gasteiger partial charge in [0.25, 0.3) is 5.56 Å². The van der Waals surface area contributed by atoms with E-state index in [1.807, 2.05) is 0 Å². The molecular weight excluding hydrogens is 228 g/mol. The SMILES string of the molecule is Cc1nc2c(nc3ccc(Cl)cn32)c(=O)[nH]1. The van der Waals surface area contributed by atoms with Crippen molar-refractivity contribution in [1.29, 1.82) is 0 Å². The molecule has 0 radical (unpaired) electrons. The lowest BCUT2D eigenvalue weighted by molar-refractivity contribution is 1.04. The van der Waals surface area contributed by atoms with Crippen LogP contribution in [0, 0.1) is 6.92 Å². The van der Waals surface area contributed by atoms with Crippen LogP contribution in [0.3, 0.4) is 0 Å². The molecule has 3 aromatic heterocycles. The number of pyridine rings is 1. The molecule has 6 heteroatoms. The third-order valence-electron chi connectivity index (χ3n) is 2.34. The van der Waals surface area contributed by atoms with Crippen LogP contribution in [0.15, 0.2) is 23.1 Å². The standard InChI is InChI=1S/C10H7ClN4O/c1-5-12-9-8(10(16)13-5)14-7-3-2-6(11)4-15(7)9/h2-4H,1H3,(H,12,13,16). The van der Waals surface area contributed by atoms with E-state index in [0.29, 0.717) is 27.7 Å². The highest BCUT2D eigenvalue weighted by molar-refractivity contribution is 6.30. The second kappa shape index (κ2) is 3.05. The van der Waals surface area contributed by atoms with Crippen molar-refractivity contribution in [3.63, 3.8) is 0 Å². The lowest BCUT2D eigenvalue weighted by Crippen LogP contribution is -2.09. The molecule has 0 aliphatic carbocycles. The molecule has 3 aromatic rings. The van der Waals surface area contributed by atoms with Gasteiger partial charge >= 0.3 is 0 Å². The molecular formula is C10H7ClN4O. The van der Waals surface area contributed by atoms with Crippen LogP contribution in [0.1, 0.15) is 5.82 Å². The van der Waals surface area contributed by atoms with Gasteiger partial charge in [-0.2, -0.15) is 0 Å². The van der Waals surface area contributed by atoms with Crippen molar-refractivity contribution in [2.45, 2.75) is 6.92 Å². The predicted octanol–water partition coefficient (Wildman–Crippen LogP) is 1.53. The molecule has 16 heavy (non-hydrogen) atoms. The number of imidazole rings is 1. The van der Waals surface area contributed by atoms with Gasteiger partial charge in [0.15, 0.2) is 11.2 Å². The van der Waals surface area contributed by atoms with E-state index < -0.39 is 0 Å². The summed E-state index contributed by atoms with van der Waals surface area (Å²) >= 11 is 5.89. The van der Waals surface area contributed by atoms with Gasteiger partial charge in [0, 0.05) is 6.20 Å². The molecule has 0 fully saturated rings. The minimum atomic E-state index is -0.234. The summed E-state index contributed by atoms with van der Waals surface area (Å²) in [5.41, 5.74) is 1.27. The molecule has 5 nitrogen and oxygen atoms in total. The Hall–Kier alpha value is -1.88. The van der Waals surface area contributed by atoms with Crippen LogP contribution in [-0.2, 0) is 0 Å². The Morgan fingerprint density at radius 1 is 1.38 bits per heavy atom. The number of aryl methyl sites for hydroxylation is 1. The van der Waals surface area contributed by atoms with Crippen molar-refractivity contribution in [2.24, 2.45) is 0 Å². The van der Waals surface area contributed by atoms with Gasteiger partial charge in [-0.1, -0.05) is 11.6 Å². The number of halogens is 1. The molecule has 0 bridgehead atoms. The van der Waals surface area contributed by atoms with Gasteiger partial charge in [-0.25, -0.2) is 9.97 Å². The number of hydrogen-bond acceptors (Lipinski definition) is 3. The first-order chi connectivity index (χ1) is 7.65. The number of H-pyrrole nitrogens is 1. The van der Waals surface area contributed by atoms with Gasteiger partial charge in [-0.3, -0.25) is 9.20 Å². The molecule has 1 N–H and O–H groups in total. The Balaban J connectivity index is 2.62. The van der Waals surface area contributed by atoms with Crippen LogP contribution >= 0.6 is 11.6 Å². The second-order valence-corrected chi connectivity index (χ2v) is 3.95. The van der Waals surface area contributed by atoms with Gasteiger partial charge in [-0.05, 0) is 19.1 Å². The summed E-state index contributed by atoms with van der Waals surface area (Å²) in [6, 6.07) is 3.47. The quantitative estimate of drug-likeness (QED) is 0.642. The Kier molecular flexibility index (Phi) is 1.79. The third kappa shape index (κ3) is 1.22. The Morgan fingerprint density at radius 2 is 2.19 bits per heavy atom. The maximum absolute atomic E-state index is 11.6. The zero-order valence-corrected chi connectivity index (χ0v) is 9.12. The van der Waals surface area contributed by atoms with Crippen LogP contribution in [0.5, 0.6) is 0 Å². The summed E-state index contributed by atoms with van der Waals surface area (Å²) in [6.07, 6.45) is 1.69. The lowest BCUT2D eigenvalue weighted by atomic mass is 10.5. The highest BCUT2D eigenvalue weighted by Crippen LogP contribution is 2.15. The topological polar surface area (TPSA) is 63.1 Å². The van der Waals surface area contributed by atoms with Gasteiger partial charge in [0.05, 0.1) is 5.02 Å². The van der Waals surface area contributed by atoms with Crippen molar-refractivity contribution in [2.75, 3.05) is 0 Å². The highest BCUT2D eigenvalue weighted by atomic mass is 35.5. The van der Waals surface area contributed by atoms with E-state index >= 15 is 0 Å². The first-order valence-corrected chi connectivity index (χ1v) is 5.07.